The van der Waals surface area contributed by atoms with Crippen LogP contribution in [-0.2, 0) is 4.74 Å². The summed E-state index contributed by atoms with van der Waals surface area (Å²) in [6.07, 6.45) is 2.94. The molecule has 1 aromatic carbocycles. The number of carbonyl (C=O) groups is 2. The summed E-state index contributed by atoms with van der Waals surface area (Å²) in [5, 5.41) is -0.215. The van der Waals surface area contributed by atoms with Gasteiger partial charge in [-0.3, -0.25) is 9.36 Å². The van der Waals surface area contributed by atoms with E-state index in [9.17, 15) is 14.0 Å². The lowest BCUT2D eigenvalue weighted by atomic mass is 10.1. The third-order valence-corrected chi connectivity index (χ3v) is 5.02. The summed E-state index contributed by atoms with van der Waals surface area (Å²) >= 11 is 6.11. The number of esters is 1. The zero-order valence-corrected chi connectivity index (χ0v) is 14.2. The molecule has 1 atom stereocenters. The van der Waals surface area contributed by atoms with E-state index in [0.717, 1.165) is 6.42 Å². The molecule has 0 bridgehead atoms. The van der Waals surface area contributed by atoms with Gasteiger partial charge in [0.05, 0.1) is 34.6 Å². The zero-order chi connectivity index (χ0) is 17.7. The zero-order valence-electron chi connectivity index (χ0n) is 13.5. The van der Waals surface area contributed by atoms with Gasteiger partial charge in [-0.25, -0.2) is 14.2 Å². The number of nitrogens with zero attached hydrogens (tertiary/aromatic N) is 3. The molecule has 0 spiro atoms. The van der Waals surface area contributed by atoms with Crippen LogP contribution in [0.4, 0.5) is 4.39 Å². The van der Waals surface area contributed by atoms with Crippen LogP contribution in [-0.4, -0.2) is 39.5 Å². The number of aromatic nitrogens is 2. The normalized spacial score (nSPS) is 18.4. The van der Waals surface area contributed by atoms with Gasteiger partial charge < -0.3 is 9.64 Å². The molecule has 8 heteroatoms. The molecule has 0 N–H and O–H groups in total. The van der Waals surface area contributed by atoms with Gasteiger partial charge in [0.25, 0.3) is 5.91 Å². The number of halogens is 2. The van der Waals surface area contributed by atoms with Crippen molar-refractivity contribution in [2.75, 3.05) is 13.2 Å². The SMILES string of the molecule is CCOC(=O)c1ncn2c1[C@@H]1CCCN1C(=O)c1c-2ccc(F)c1Cl. The summed E-state index contributed by atoms with van der Waals surface area (Å²) in [5.74, 6) is -1.52. The summed E-state index contributed by atoms with van der Waals surface area (Å²) in [6.45, 7) is 2.46. The van der Waals surface area contributed by atoms with E-state index in [1.807, 2.05) is 0 Å². The van der Waals surface area contributed by atoms with Gasteiger partial charge in [0, 0.05) is 6.54 Å². The molecule has 1 amide bonds. The Kier molecular flexibility index (Phi) is 3.76. The van der Waals surface area contributed by atoms with Crippen LogP contribution in [0.2, 0.25) is 5.02 Å². The van der Waals surface area contributed by atoms with E-state index in [4.69, 9.17) is 16.3 Å². The van der Waals surface area contributed by atoms with Crippen molar-refractivity contribution in [3.05, 3.63) is 46.3 Å². The van der Waals surface area contributed by atoms with Gasteiger partial charge in [-0.1, -0.05) is 11.6 Å². The third kappa shape index (κ3) is 2.26. The molecule has 25 heavy (non-hydrogen) atoms. The Labute approximate surface area is 148 Å². The molecule has 130 valence electrons. The topological polar surface area (TPSA) is 64.4 Å². The Morgan fingerprint density at radius 1 is 1.48 bits per heavy atom. The lowest BCUT2D eigenvalue weighted by Crippen LogP contribution is -2.30. The Bertz CT molecular complexity index is 896. The molecule has 2 aliphatic rings. The number of benzene rings is 1. The summed E-state index contributed by atoms with van der Waals surface area (Å²) in [6, 6.07) is 2.37. The molecule has 4 rings (SSSR count). The predicted molar refractivity (Wildman–Crippen MR) is 87.5 cm³/mol. The smallest absolute Gasteiger partial charge is 0.358 e. The molecule has 0 aliphatic carbocycles. The summed E-state index contributed by atoms with van der Waals surface area (Å²) in [4.78, 5) is 31.1. The number of hydrogen-bond acceptors (Lipinski definition) is 4. The van der Waals surface area contributed by atoms with E-state index in [2.05, 4.69) is 4.98 Å². The first-order valence-corrected chi connectivity index (χ1v) is 8.46. The highest BCUT2D eigenvalue weighted by Gasteiger charge is 2.41. The molecule has 3 heterocycles. The third-order valence-electron chi connectivity index (χ3n) is 4.65. The van der Waals surface area contributed by atoms with E-state index in [-0.39, 0.29) is 34.8 Å². The van der Waals surface area contributed by atoms with Gasteiger partial charge in [-0.2, -0.15) is 0 Å². The van der Waals surface area contributed by atoms with Crippen molar-refractivity contribution in [1.29, 1.82) is 0 Å². The molecular weight excluding hydrogens is 349 g/mol. The Hall–Kier alpha value is -2.41. The molecule has 2 aromatic rings. The van der Waals surface area contributed by atoms with Crippen LogP contribution >= 0.6 is 11.6 Å². The highest BCUT2D eigenvalue weighted by atomic mass is 35.5. The Morgan fingerprint density at radius 3 is 3.04 bits per heavy atom. The van der Waals surface area contributed by atoms with Gasteiger partial charge in [0.2, 0.25) is 0 Å². The minimum atomic E-state index is -0.654. The van der Waals surface area contributed by atoms with Gasteiger partial charge in [-0.05, 0) is 31.9 Å². The van der Waals surface area contributed by atoms with Crippen molar-refractivity contribution >= 4 is 23.5 Å². The molecule has 0 saturated carbocycles. The van der Waals surface area contributed by atoms with E-state index >= 15 is 0 Å². The molecule has 2 aliphatic heterocycles. The minimum Gasteiger partial charge on any atom is -0.461 e. The maximum atomic E-state index is 14.0. The number of hydrogen-bond donors (Lipinski definition) is 0. The first-order chi connectivity index (χ1) is 12.0. The average Bonchev–Trinajstić information content (AvgIpc) is 3.21. The van der Waals surface area contributed by atoms with Crippen LogP contribution in [0.15, 0.2) is 18.5 Å². The van der Waals surface area contributed by atoms with Gasteiger partial charge in [0.15, 0.2) is 5.69 Å². The average molecular weight is 364 g/mol. The maximum Gasteiger partial charge on any atom is 0.358 e. The standard InChI is InChI=1S/C17H15ClFN3O3/c1-2-25-17(24)14-15-11-4-3-7-21(11)16(23)12-10(22(15)8-20-14)6-5-9(19)13(12)18/h5-6,8,11H,2-4,7H2,1H3/t11-/m0/s1. The highest BCUT2D eigenvalue weighted by molar-refractivity contribution is 6.34. The molecule has 1 saturated heterocycles. The molecule has 1 fully saturated rings. The number of imidazole rings is 1. The lowest BCUT2D eigenvalue weighted by molar-refractivity contribution is 0.0513. The van der Waals surface area contributed by atoms with Crippen molar-refractivity contribution < 1.29 is 18.7 Å². The van der Waals surface area contributed by atoms with Crippen molar-refractivity contribution in [3.63, 3.8) is 0 Å². The first kappa shape index (κ1) is 16.1. The van der Waals surface area contributed by atoms with E-state index in [1.54, 1.807) is 16.4 Å². The highest BCUT2D eigenvalue weighted by Crippen LogP contribution is 2.41. The van der Waals surface area contributed by atoms with Crippen molar-refractivity contribution in [3.8, 4) is 5.69 Å². The summed E-state index contributed by atoms with van der Waals surface area (Å²) < 4.78 is 20.7. The number of fused-ring (bicyclic) bond motifs is 5. The monoisotopic (exact) mass is 363 g/mol. The van der Waals surface area contributed by atoms with Crippen molar-refractivity contribution in [1.82, 2.24) is 14.5 Å². The van der Waals surface area contributed by atoms with Gasteiger partial charge >= 0.3 is 5.97 Å². The Balaban J connectivity index is 2.00. The molecular formula is C17H15ClFN3O3. The van der Waals surface area contributed by atoms with E-state index in [1.165, 1.54) is 18.5 Å². The predicted octanol–water partition coefficient (Wildman–Crippen LogP) is 3.13. The number of ether oxygens (including phenoxy) is 1. The lowest BCUT2D eigenvalue weighted by Gasteiger charge is -2.23. The van der Waals surface area contributed by atoms with Gasteiger partial charge in [-0.15, -0.1) is 0 Å². The first-order valence-electron chi connectivity index (χ1n) is 8.08. The van der Waals surface area contributed by atoms with Crippen molar-refractivity contribution in [2.24, 2.45) is 0 Å². The fourth-order valence-electron chi connectivity index (χ4n) is 3.61. The number of amides is 1. The van der Waals surface area contributed by atoms with Crippen LogP contribution in [0, 0.1) is 5.82 Å². The van der Waals surface area contributed by atoms with Crippen LogP contribution in [0.25, 0.3) is 5.69 Å². The second-order valence-corrected chi connectivity index (χ2v) is 6.36. The summed E-state index contributed by atoms with van der Waals surface area (Å²) in [5.41, 5.74) is 1.29. The molecule has 6 nitrogen and oxygen atoms in total. The van der Waals surface area contributed by atoms with E-state index < -0.39 is 11.8 Å². The van der Waals surface area contributed by atoms with Crippen LogP contribution < -0.4 is 0 Å². The fraction of sp³-hybridized carbons (Fsp3) is 0.353. The minimum absolute atomic E-state index is 0.0973. The van der Waals surface area contributed by atoms with Crippen LogP contribution in [0.1, 0.15) is 52.3 Å². The second kappa shape index (κ2) is 5.84. The Morgan fingerprint density at radius 2 is 2.28 bits per heavy atom. The van der Waals surface area contributed by atoms with E-state index in [0.29, 0.717) is 24.3 Å². The second-order valence-electron chi connectivity index (χ2n) is 5.98. The van der Waals surface area contributed by atoms with Crippen LogP contribution in [0.5, 0.6) is 0 Å². The summed E-state index contributed by atoms with van der Waals surface area (Å²) in [7, 11) is 0. The van der Waals surface area contributed by atoms with Gasteiger partial charge in [0.1, 0.15) is 12.1 Å². The molecule has 0 unspecified atom stereocenters. The quantitative estimate of drug-likeness (QED) is 0.769. The fourth-order valence-corrected chi connectivity index (χ4v) is 3.85. The largest absolute Gasteiger partial charge is 0.461 e. The molecule has 0 radical (unpaired) electrons. The maximum absolute atomic E-state index is 14.0. The molecule has 1 aromatic heterocycles. The number of carbonyl (C=O) groups excluding carboxylic acids is 2. The number of rotatable bonds is 2. The van der Waals surface area contributed by atoms with Crippen LogP contribution in [0.3, 0.4) is 0 Å². The van der Waals surface area contributed by atoms with Crippen molar-refractivity contribution in [2.45, 2.75) is 25.8 Å².